The van der Waals surface area contributed by atoms with Gasteiger partial charge in [-0.25, -0.2) is 18.7 Å². The van der Waals surface area contributed by atoms with Crippen LogP contribution in [0.1, 0.15) is 5.56 Å². The molecular formula is C16H11F2N3S2. The number of rotatable bonds is 3. The van der Waals surface area contributed by atoms with E-state index in [9.17, 15) is 8.78 Å². The summed E-state index contributed by atoms with van der Waals surface area (Å²) >= 11 is 3.28. The number of nitrogens with zero attached hydrogens (tertiary/aromatic N) is 3. The van der Waals surface area contributed by atoms with Crippen LogP contribution in [0.4, 0.5) is 8.78 Å². The van der Waals surface area contributed by atoms with E-state index in [1.807, 2.05) is 23.0 Å². The van der Waals surface area contributed by atoms with Crippen molar-refractivity contribution in [3.05, 3.63) is 53.9 Å². The zero-order chi connectivity index (χ0) is 16.0. The number of thiazole rings is 1. The van der Waals surface area contributed by atoms with E-state index in [1.165, 1.54) is 6.07 Å². The number of thioether (sulfide) groups is 1. The van der Waals surface area contributed by atoms with E-state index in [0.29, 0.717) is 17.6 Å². The highest BCUT2D eigenvalue weighted by Gasteiger charge is 2.10. The lowest BCUT2D eigenvalue weighted by Gasteiger charge is -2.05. The van der Waals surface area contributed by atoms with Gasteiger partial charge in [0, 0.05) is 18.7 Å². The summed E-state index contributed by atoms with van der Waals surface area (Å²) in [5.41, 5.74) is 3.08. The largest absolute Gasteiger partial charge is 0.326 e. The number of benzene rings is 2. The van der Waals surface area contributed by atoms with Gasteiger partial charge in [-0.2, -0.15) is 0 Å². The lowest BCUT2D eigenvalue weighted by molar-refractivity contribution is 0.510. The van der Waals surface area contributed by atoms with E-state index < -0.39 is 11.6 Å². The van der Waals surface area contributed by atoms with Crippen LogP contribution in [0, 0.1) is 11.6 Å². The van der Waals surface area contributed by atoms with Crippen LogP contribution >= 0.6 is 23.1 Å². The Balaban J connectivity index is 1.73. The second-order valence-corrected chi connectivity index (χ2v) is 7.20. The number of halogens is 2. The topological polar surface area (TPSA) is 30.7 Å². The number of imidazole rings is 1. The SMILES string of the molecule is CSc1nc2ccc(Cn3cnc4cc(F)c(F)cc43)cc2s1. The summed E-state index contributed by atoms with van der Waals surface area (Å²) in [7, 11) is 0. The van der Waals surface area contributed by atoms with Gasteiger partial charge in [-0.15, -0.1) is 11.3 Å². The van der Waals surface area contributed by atoms with Crippen LogP contribution in [-0.4, -0.2) is 20.8 Å². The Morgan fingerprint density at radius 2 is 1.96 bits per heavy atom. The van der Waals surface area contributed by atoms with Gasteiger partial charge in [-0.3, -0.25) is 0 Å². The summed E-state index contributed by atoms with van der Waals surface area (Å²) < 4.78 is 30.7. The summed E-state index contributed by atoms with van der Waals surface area (Å²) in [6.45, 7) is 0.546. The first-order chi connectivity index (χ1) is 11.1. The molecule has 0 unspecified atom stereocenters. The van der Waals surface area contributed by atoms with Crippen LogP contribution in [0.25, 0.3) is 21.3 Å². The minimum absolute atomic E-state index is 0.451. The molecule has 0 aliphatic rings. The maximum atomic E-state index is 13.5. The molecule has 0 amide bonds. The molecule has 2 heterocycles. The number of hydrogen-bond acceptors (Lipinski definition) is 4. The van der Waals surface area contributed by atoms with Gasteiger partial charge in [-0.05, 0) is 24.0 Å². The smallest absolute Gasteiger partial charge is 0.161 e. The lowest BCUT2D eigenvalue weighted by atomic mass is 10.2. The van der Waals surface area contributed by atoms with Crippen molar-refractivity contribution in [3.8, 4) is 0 Å². The van der Waals surface area contributed by atoms with Crippen molar-refractivity contribution in [2.75, 3.05) is 6.26 Å². The van der Waals surface area contributed by atoms with Crippen LogP contribution in [0.3, 0.4) is 0 Å². The molecule has 3 nitrogen and oxygen atoms in total. The molecule has 0 radical (unpaired) electrons. The summed E-state index contributed by atoms with van der Waals surface area (Å²) in [6, 6.07) is 8.38. The van der Waals surface area contributed by atoms with Crippen molar-refractivity contribution in [2.45, 2.75) is 10.9 Å². The Morgan fingerprint density at radius 3 is 2.78 bits per heavy atom. The van der Waals surface area contributed by atoms with Crippen molar-refractivity contribution in [1.82, 2.24) is 14.5 Å². The second-order valence-electron chi connectivity index (χ2n) is 5.11. The molecular weight excluding hydrogens is 336 g/mol. The monoisotopic (exact) mass is 347 g/mol. The van der Waals surface area contributed by atoms with Crippen molar-refractivity contribution < 1.29 is 8.78 Å². The molecule has 0 N–H and O–H groups in total. The van der Waals surface area contributed by atoms with Gasteiger partial charge in [0.2, 0.25) is 0 Å². The van der Waals surface area contributed by atoms with Gasteiger partial charge in [0.1, 0.15) is 0 Å². The van der Waals surface area contributed by atoms with Gasteiger partial charge in [0.25, 0.3) is 0 Å². The minimum atomic E-state index is -0.876. The number of aromatic nitrogens is 3. The Morgan fingerprint density at radius 1 is 1.13 bits per heavy atom. The molecule has 2 aromatic carbocycles. The Hall–Kier alpha value is -1.99. The third-order valence-corrected chi connectivity index (χ3v) is 5.63. The molecule has 4 rings (SSSR count). The van der Waals surface area contributed by atoms with Crippen molar-refractivity contribution in [3.63, 3.8) is 0 Å². The van der Waals surface area contributed by atoms with E-state index in [2.05, 4.69) is 16.0 Å². The predicted octanol–water partition coefficient (Wildman–Crippen LogP) is 4.69. The second kappa shape index (κ2) is 5.58. The van der Waals surface area contributed by atoms with Gasteiger partial charge in [0.15, 0.2) is 16.0 Å². The van der Waals surface area contributed by atoms with Crippen LogP contribution < -0.4 is 0 Å². The van der Waals surface area contributed by atoms with Gasteiger partial charge < -0.3 is 4.57 Å². The molecule has 116 valence electrons. The molecule has 0 spiro atoms. The summed E-state index contributed by atoms with van der Waals surface area (Å²) in [5.74, 6) is -1.74. The average molecular weight is 347 g/mol. The van der Waals surface area contributed by atoms with Crippen LogP contribution in [0.2, 0.25) is 0 Å². The zero-order valence-electron chi connectivity index (χ0n) is 12.1. The van der Waals surface area contributed by atoms with E-state index in [1.54, 1.807) is 29.4 Å². The van der Waals surface area contributed by atoms with E-state index in [-0.39, 0.29) is 0 Å². The Labute approximate surface area is 139 Å². The van der Waals surface area contributed by atoms with Gasteiger partial charge >= 0.3 is 0 Å². The molecule has 4 aromatic rings. The number of fused-ring (bicyclic) bond motifs is 2. The van der Waals surface area contributed by atoms with Crippen LogP contribution in [0.5, 0.6) is 0 Å². The third kappa shape index (κ3) is 2.60. The first kappa shape index (κ1) is 14.6. The molecule has 0 aliphatic carbocycles. The minimum Gasteiger partial charge on any atom is -0.326 e. The van der Waals surface area contributed by atoms with Gasteiger partial charge in [0.05, 0.1) is 27.6 Å². The Kier molecular flexibility index (Phi) is 3.54. The zero-order valence-corrected chi connectivity index (χ0v) is 13.7. The molecule has 23 heavy (non-hydrogen) atoms. The molecule has 2 aromatic heterocycles. The van der Waals surface area contributed by atoms with E-state index in [0.717, 1.165) is 26.2 Å². The van der Waals surface area contributed by atoms with Crippen molar-refractivity contribution in [1.29, 1.82) is 0 Å². The van der Waals surface area contributed by atoms with Crippen molar-refractivity contribution in [2.24, 2.45) is 0 Å². The Bertz CT molecular complexity index is 1020. The fourth-order valence-corrected chi connectivity index (χ4v) is 4.06. The maximum Gasteiger partial charge on any atom is 0.161 e. The van der Waals surface area contributed by atoms with Gasteiger partial charge in [-0.1, -0.05) is 17.8 Å². The highest BCUT2D eigenvalue weighted by Crippen LogP contribution is 2.29. The van der Waals surface area contributed by atoms with Crippen LogP contribution in [-0.2, 0) is 6.54 Å². The highest BCUT2D eigenvalue weighted by molar-refractivity contribution is 8.00. The predicted molar refractivity (Wildman–Crippen MR) is 90.2 cm³/mol. The molecule has 0 atom stereocenters. The fraction of sp³-hybridized carbons (Fsp3) is 0.125. The average Bonchev–Trinajstić information content (AvgIpc) is 3.12. The van der Waals surface area contributed by atoms with E-state index in [4.69, 9.17) is 0 Å². The first-order valence-corrected chi connectivity index (χ1v) is 8.91. The summed E-state index contributed by atoms with van der Waals surface area (Å²) in [6.07, 6.45) is 3.61. The summed E-state index contributed by atoms with van der Waals surface area (Å²) in [4.78, 5) is 8.65. The maximum absolute atomic E-state index is 13.5. The third-order valence-electron chi connectivity index (χ3n) is 3.62. The molecule has 0 fully saturated rings. The number of hydrogen-bond donors (Lipinski definition) is 0. The molecule has 0 bridgehead atoms. The van der Waals surface area contributed by atoms with Crippen molar-refractivity contribution >= 4 is 44.3 Å². The fourth-order valence-electron chi connectivity index (χ4n) is 2.51. The lowest BCUT2D eigenvalue weighted by Crippen LogP contribution is -1.98. The molecule has 0 aliphatic heterocycles. The quantitative estimate of drug-likeness (QED) is 0.504. The standard InChI is InChI=1S/C16H11F2N3S2/c1-22-16-20-12-3-2-9(4-15(12)23-16)7-21-8-19-13-5-10(17)11(18)6-14(13)21/h2-6,8H,7H2,1H3. The molecule has 0 saturated heterocycles. The molecule has 7 heteroatoms. The van der Waals surface area contributed by atoms with Crippen LogP contribution in [0.15, 0.2) is 41.0 Å². The molecule has 0 saturated carbocycles. The summed E-state index contributed by atoms with van der Waals surface area (Å²) in [5, 5.41) is 0. The normalized spacial score (nSPS) is 11.6. The van der Waals surface area contributed by atoms with E-state index >= 15 is 0 Å². The first-order valence-electron chi connectivity index (χ1n) is 6.87. The highest BCUT2D eigenvalue weighted by atomic mass is 32.2.